The molecule has 0 N–H and O–H groups in total. The van der Waals surface area contributed by atoms with Gasteiger partial charge in [0.05, 0.1) is 13.5 Å². The first-order valence-corrected chi connectivity index (χ1v) is 8.84. The number of halogens is 1. The summed E-state index contributed by atoms with van der Waals surface area (Å²) >= 11 is 5.99. The molecule has 0 atom stereocenters. The molecule has 1 aliphatic heterocycles. The van der Waals surface area contributed by atoms with Crippen LogP contribution in [0.25, 0.3) is 0 Å². The van der Waals surface area contributed by atoms with Crippen LogP contribution >= 0.6 is 11.6 Å². The SMILES string of the molecule is COC(=O)CC1(c2ccc(Cl)cc2)CCN(C(=O)OC(C)(C)C)CC1. The van der Waals surface area contributed by atoms with E-state index < -0.39 is 5.60 Å². The third-order valence-corrected chi connectivity index (χ3v) is 4.79. The lowest BCUT2D eigenvalue weighted by atomic mass is 9.70. The summed E-state index contributed by atoms with van der Waals surface area (Å²) in [6.45, 7) is 6.63. The van der Waals surface area contributed by atoms with Crippen molar-refractivity contribution in [1.29, 1.82) is 0 Å². The highest BCUT2D eigenvalue weighted by Gasteiger charge is 2.40. The maximum atomic E-state index is 12.3. The van der Waals surface area contributed by atoms with Crippen molar-refractivity contribution in [3.63, 3.8) is 0 Å². The zero-order valence-corrected chi connectivity index (χ0v) is 16.1. The van der Waals surface area contributed by atoms with Crippen LogP contribution < -0.4 is 0 Å². The molecule has 0 spiro atoms. The minimum absolute atomic E-state index is 0.249. The van der Waals surface area contributed by atoms with Crippen LogP contribution in [-0.4, -0.2) is 42.8 Å². The van der Waals surface area contributed by atoms with Crippen molar-refractivity contribution in [2.24, 2.45) is 0 Å². The highest BCUT2D eigenvalue weighted by molar-refractivity contribution is 6.30. The van der Waals surface area contributed by atoms with Crippen LogP contribution in [0.2, 0.25) is 5.02 Å². The fourth-order valence-corrected chi connectivity index (χ4v) is 3.29. The molecule has 5 nitrogen and oxygen atoms in total. The Morgan fingerprint density at radius 2 is 1.72 bits per heavy atom. The lowest BCUT2D eigenvalue weighted by Crippen LogP contribution is -2.47. The average molecular weight is 368 g/mol. The number of piperidine rings is 1. The number of nitrogens with zero attached hydrogens (tertiary/aromatic N) is 1. The molecule has 0 unspecified atom stereocenters. The van der Waals surface area contributed by atoms with Gasteiger partial charge in [-0.3, -0.25) is 4.79 Å². The molecule has 0 aliphatic carbocycles. The molecule has 1 saturated heterocycles. The monoisotopic (exact) mass is 367 g/mol. The minimum Gasteiger partial charge on any atom is -0.469 e. The first-order chi connectivity index (χ1) is 11.6. The fourth-order valence-electron chi connectivity index (χ4n) is 3.16. The number of amides is 1. The molecular formula is C19H26ClNO4. The van der Waals surface area contributed by atoms with Crippen molar-refractivity contribution < 1.29 is 19.1 Å². The van der Waals surface area contributed by atoms with E-state index in [0.717, 1.165) is 5.56 Å². The van der Waals surface area contributed by atoms with Gasteiger partial charge < -0.3 is 14.4 Å². The number of hydrogen-bond acceptors (Lipinski definition) is 4. The zero-order chi connectivity index (χ0) is 18.7. The Hall–Kier alpha value is -1.75. The van der Waals surface area contributed by atoms with Gasteiger partial charge in [-0.05, 0) is 51.3 Å². The number of methoxy groups -OCH3 is 1. The summed E-state index contributed by atoms with van der Waals surface area (Å²) in [5, 5.41) is 0.656. The topological polar surface area (TPSA) is 55.8 Å². The van der Waals surface area contributed by atoms with Crippen LogP contribution in [0.1, 0.15) is 45.6 Å². The van der Waals surface area contributed by atoms with Gasteiger partial charge >= 0.3 is 12.1 Å². The van der Waals surface area contributed by atoms with Crippen molar-refractivity contribution in [3.05, 3.63) is 34.9 Å². The molecule has 0 aromatic heterocycles. The summed E-state index contributed by atoms with van der Waals surface area (Å²) in [6, 6.07) is 7.56. The Labute approximate surface area is 154 Å². The Balaban J connectivity index is 2.16. The van der Waals surface area contributed by atoms with Crippen LogP contribution in [-0.2, 0) is 19.7 Å². The first-order valence-electron chi connectivity index (χ1n) is 8.46. The molecule has 0 bridgehead atoms. The van der Waals surface area contributed by atoms with Gasteiger partial charge in [0.15, 0.2) is 0 Å². The molecule has 1 aliphatic rings. The predicted octanol–water partition coefficient (Wildman–Crippen LogP) is 4.17. The molecule has 1 aromatic carbocycles. The van der Waals surface area contributed by atoms with Crippen molar-refractivity contribution in [2.75, 3.05) is 20.2 Å². The molecule has 1 heterocycles. The van der Waals surface area contributed by atoms with E-state index in [1.165, 1.54) is 7.11 Å². The summed E-state index contributed by atoms with van der Waals surface area (Å²) in [4.78, 5) is 26.0. The summed E-state index contributed by atoms with van der Waals surface area (Å²) < 4.78 is 10.3. The first kappa shape index (κ1) is 19.6. The van der Waals surface area contributed by atoms with Gasteiger partial charge in [-0.15, -0.1) is 0 Å². The fraction of sp³-hybridized carbons (Fsp3) is 0.579. The molecule has 1 amide bonds. The lowest BCUT2D eigenvalue weighted by Gasteiger charge is -2.42. The largest absolute Gasteiger partial charge is 0.469 e. The normalized spacial score (nSPS) is 17.1. The molecule has 0 radical (unpaired) electrons. The van der Waals surface area contributed by atoms with E-state index in [1.807, 2.05) is 45.0 Å². The summed E-state index contributed by atoms with van der Waals surface area (Å²) in [7, 11) is 1.40. The van der Waals surface area contributed by atoms with Crippen LogP contribution in [0, 0.1) is 0 Å². The molecule has 2 rings (SSSR count). The Morgan fingerprint density at radius 3 is 2.20 bits per heavy atom. The van der Waals surface area contributed by atoms with E-state index in [-0.39, 0.29) is 23.9 Å². The molecule has 6 heteroatoms. The number of carbonyl (C=O) groups is 2. The van der Waals surface area contributed by atoms with Gasteiger partial charge in [-0.2, -0.15) is 0 Å². The molecule has 25 heavy (non-hydrogen) atoms. The molecule has 1 fully saturated rings. The minimum atomic E-state index is -0.520. The highest BCUT2D eigenvalue weighted by Crippen LogP contribution is 2.39. The van der Waals surface area contributed by atoms with Crippen LogP contribution in [0.5, 0.6) is 0 Å². The van der Waals surface area contributed by atoms with Crippen molar-refractivity contribution >= 4 is 23.7 Å². The van der Waals surface area contributed by atoms with E-state index in [0.29, 0.717) is 31.0 Å². The average Bonchev–Trinajstić information content (AvgIpc) is 2.54. The van der Waals surface area contributed by atoms with Crippen LogP contribution in [0.4, 0.5) is 4.79 Å². The maximum absolute atomic E-state index is 12.3. The number of likely N-dealkylation sites (tertiary alicyclic amines) is 1. The number of carbonyl (C=O) groups excluding carboxylic acids is 2. The summed E-state index contributed by atoms with van der Waals surface area (Å²) in [6.07, 6.45) is 1.31. The summed E-state index contributed by atoms with van der Waals surface area (Å²) in [5.41, 5.74) is 0.176. The van der Waals surface area contributed by atoms with E-state index in [9.17, 15) is 9.59 Å². The second-order valence-electron chi connectivity index (χ2n) is 7.51. The van der Waals surface area contributed by atoms with E-state index in [2.05, 4.69) is 0 Å². The van der Waals surface area contributed by atoms with Gasteiger partial charge in [0, 0.05) is 23.5 Å². The van der Waals surface area contributed by atoms with Crippen molar-refractivity contribution in [1.82, 2.24) is 4.90 Å². The quantitative estimate of drug-likeness (QED) is 0.752. The predicted molar refractivity (Wildman–Crippen MR) is 96.8 cm³/mol. The third kappa shape index (κ3) is 5.11. The smallest absolute Gasteiger partial charge is 0.410 e. The molecule has 138 valence electrons. The molecule has 0 saturated carbocycles. The Bertz CT molecular complexity index is 613. The Morgan fingerprint density at radius 1 is 1.16 bits per heavy atom. The maximum Gasteiger partial charge on any atom is 0.410 e. The number of esters is 1. The summed E-state index contributed by atoms with van der Waals surface area (Å²) in [5.74, 6) is -0.249. The van der Waals surface area contributed by atoms with Crippen molar-refractivity contribution in [2.45, 2.75) is 51.0 Å². The van der Waals surface area contributed by atoms with Crippen molar-refractivity contribution in [3.8, 4) is 0 Å². The second-order valence-corrected chi connectivity index (χ2v) is 7.94. The van der Waals surface area contributed by atoms with E-state index >= 15 is 0 Å². The third-order valence-electron chi connectivity index (χ3n) is 4.54. The number of hydrogen-bond donors (Lipinski definition) is 0. The standard InChI is InChI=1S/C19H26ClNO4/c1-18(2,3)25-17(23)21-11-9-19(10-12-21,13-16(22)24-4)14-5-7-15(20)8-6-14/h5-8H,9-13H2,1-4H3. The molecule has 1 aromatic rings. The van der Waals surface area contributed by atoms with Gasteiger partial charge in [0.1, 0.15) is 5.60 Å². The van der Waals surface area contributed by atoms with Gasteiger partial charge in [-0.1, -0.05) is 23.7 Å². The number of ether oxygens (including phenoxy) is 2. The Kier molecular flexibility index (Phi) is 5.99. The second kappa shape index (κ2) is 7.65. The highest BCUT2D eigenvalue weighted by atomic mass is 35.5. The lowest BCUT2D eigenvalue weighted by molar-refractivity contribution is -0.142. The number of rotatable bonds is 3. The molecular weight excluding hydrogens is 342 g/mol. The van der Waals surface area contributed by atoms with Gasteiger partial charge in [-0.25, -0.2) is 4.79 Å². The van der Waals surface area contributed by atoms with E-state index in [4.69, 9.17) is 21.1 Å². The van der Waals surface area contributed by atoms with Gasteiger partial charge in [0.2, 0.25) is 0 Å². The van der Waals surface area contributed by atoms with Crippen LogP contribution in [0.15, 0.2) is 24.3 Å². The number of benzene rings is 1. The van der Waals surface area contributed by atoms with E-state index in [1.54, 1.807) is 4.90 Å². The van der Waals surface area contributed by atoms with Crippen LogP contribution in [0.3, 0.4) is 0 Å². The zero-order valence-electron chi connectivity index (χ0n) is 15.3. The van der Waals surface area contributed by atoms with Gasteiger partial charge in [0.25, 0.3) is 0 Å².